The first-order valence-electron chi connectivity index (χ1n) is 5.72. The largest absolute Gasteiger partial charge is 0.370 e. The van der Waals surface area contributed by atoms with Crippen LogP contribution in [0.1, 0.15) is 25.3 Å². The zero-order valence-corrected chi connectivity index (χ0v) is 10.3. The first kappa shape index (κ1) is 11.4. The maximum Gasteiger partial charge on any atom is 0.0651 e. The molecule has 0 bridgehead atoms. The Morgan fingerprint density at radius 2 is 2.31 bits per heavy atom. The number of anilines is 1. The number of terminal acetylenes is 1. The molecule has 0 N–H and O–H groups in total. The van der Waals surface area contributed by atoms with E-state index in [9.17, 15) is 0 Å². The minimum Gasteiger partial charge on any atom is -0.370 e. The Kier molecular flexibility index (Phi) is 3.41. The molecule has 1 atom stereocenters. The maximum atomic E-state index is 6.25. The van der Waals surface area contributed by atoms with Crippen LogP contribution in [0.2, 0.25) is 5.02 Å². The van der Waals surface area contributed by atoms with E-state index >= 15 is 0 Å². The molecule has 84 valence electrons. The monoisotopic (exact) mass is 233 g/mol. The van der Waals surface area contributed by atoms with Crippen molar-refractivity contribution in [3.8, 4) is 12.3 Å². The Hall–Kier alpha value is -1.13. The molecule has 0 radical (unpaired) electrons. The van der Waals surface area contributed by atoms with Gasteiger partial charge in [0, 0.05) is 18.7 Å². The summed E-state index contributed by atoms with van der Waals surface area (Å²) in [5.41, 5.74) is 1.96. The lowest BCUT2D eigenvalue weighted by molar-refractivity contribution is 0.447. The van der Waals surface area contributed by atoms with Gasteiger partial charge in [0.2, 0.25) is 0 Å². The van der Waals surface area contributed by atoms with Gasteiger partial charge in [0.05, 0.1) is 10.7 Å². The standard InChI is InChI=1S/C14H16ClN/c1-3-12-6-7-14(13(15)9-12)16-8-4-5-11(2)10-16/h1,6-7,9,11H,4-5,8,10H2,2H3. The van der Waals surface area contributed by atoms with Crippen LogP contribution in [0.4, 0.5) is 5.69 Å². The fourth-order valence-electron chi connectivity index (χ4n) is 2.26. The lowest BCUT2D eigenvalue weighted by atomic mass is 9.99. The van der Waals surface area contributed by atoms with Gasteiger partial charge in [0.1, 0.15) is 0 Å². The van der Waals surface area contributed by atoms with Crippen molar-refractivity contribution >= 4 is 17.3 Å². The van der Waals surface area contributed by atoms with Gasteiger partial charge in [-0.05, 0) is 37.0 Å². The van der Waals surface area contributed by atoms with Crippen LogP contribution in [0.5, 0.6) is 0 Å². The van der Waals surface area contributed by atoms with Crippen molar-refractivity contribution in [1.82, 2.24) is 0 Å². The third-order valence-electron chi connectivity index (χ3n) is 3.11. The number of halogens is 1. The van der Waals surface area contributed by atoms with Crippen LogP contribution in [0.25, 0.3) is 0 Å². The Morgan fingerprint density at radius 1 is 1.50 bits per heavy atom. The van der Waals surface area contributed by atoms with Gasteiger partial charge >= 0.3 is 0 Å². The average molecular weight is 234 g/mol. The van der Waals surface area contributed by atoms with E-state index in [1.165, 1.54) is 12.8 Å². The fourth-order valence-corrected chi connectivity index (χ4v) is 2.56. The van der Waals surface area contributed by atoms with E-state index in [0.717, 1.165) is 35.3 Å². The molecule has 0 amide bonds. The first-order valence-corrected chi connectivity index (χ1v) is 6.09. The molecule has 1 heterocycles. The second-order valence-corrected chi connectivity index (χ2v) is 4.91. The van der Waals surface area contributed by atoms with E-state index in [2.05, 4.69) is 17.7 Å². The number of benzene rings is 1. The van der Waals surface area contributed by atoms with E-state index in [1.807, 2.05) is 18.2 Å². The van der Waals surface area contributed by atoms with Crippen LogP contribution >= 0.6 is 11.6 Å². The van der Waals surface area contributed by atoms with E-state index in [0.29, 0.717) is 0 Å². The van der Waals surface area contributed by atoms with Gasteiger partial charge in [0.15, 0.2) is 0 Å². The lowest BCUT2D eigenvalue weighted by Gasteiger charge is -2.33. The zero-order valence-electron chi connectivity index (χ0n) is 9.54. The molecular formula is C14H16ClN. The van der Waals surface area contributed by atoms with Gasteiger partial charge in [-0.15, -0.1) is 6.42 Å². The van der Waals surface area contributed by atoms with Gasteiger partial charge in [-0.3, -0.25) is 0 Å². The van der Waals surface area contributed by atoms with Crippen LogP contribution in [-0.2, 0) is 0 Å². The molecule has 0 aromatic heterocycles. The summed E-state index contributed by atoms with van der Waals surface area (Å²) >= 11 is 6.25. The topological polar surface area (TPSA) is 3.24 Å². The molecule has 0 saturated carbocycles. The highest BCUT2D eigenvalue weighted by atomic mass is 35.5. The summed E-state index contributed by atoms with van der Waals surface area (Å²) in [6, 6.07) is 5.87. The summed E-state index contributed by atoms with van der Waals surface area (Å²) in [4.78, 5) is 2.36. The number of piperidine rings is 1. The Labute approximate surface area is 102 Å². The summed E-state index contributed by atoms with van der Waals surface area (Å²) in [5.74, 6) is 3.35. The van der Waals surface area contributed by atoms with Crippen molar-refractivity contribution in [3.05, 3.63) is 28.8 Å². The third-order valence-corrected chi connectivity index (χ3v) is 3.41. The van der Waals surface area contributed by atoms with Crippen LogP contribution in [-0.4, -0.2) is 13.1 Å². The van der Waals surface area contributed by atoms with Gasteiger partial charge in [-0.1, -0.05) is 24.4 Å². The van der Waals surface area contributed by atoms with Gasteiger partial charge in [0.25, 0.3) is 0 Å². The molecule has 1 fully saturated rings. The van der Waals surface area contributed by atoms with E-state index < -0.39 is 0 Å². The number of hydrogen-bond acceptors (Lipinski definition) is 1. The van der Waals surface area contributed by atoms with Crippen LogP contribution in [0.15, 0.2) is 18.2 Å². The summed E-state index contributed by atoms with van der Waals surface area (Å²) in [6.45, 7) is 4.48. The van der Waals surface area contributed by atoms with Gasteiger partial charge in [-0.2, -0.15) is 0 Å². The predicted molar refractivity (Wildman–Crippen MR) is 70.0 cm³/mol. The molecule has 2 heteroatoms. The molecule has 1 aliphatic heterocycles. The van der Waals surface area contributed by atoms with Gasteiger partial charge in [-0.25, -0.2) is 0 Å². The Morgan fingerprint density at radius 3 is 2.94 bits per heavy atom. The molecule has 1 unspecified atom stereocenters. The highest BCUT2D eigenvalue weighted by Gasteiger charge is 2.18. The van der Waals surface area contributed by atoms with E-state index in [1.54, 1.807) is 0 Å². The molecule has 16 heavy (non-hydrogen) atoms. The highest BCUT2D eigenvalue weighted by molar-refractivity contribution is 6.33. The van der Waals surface area contributed by atoms with Crippen molar-refractivity contribution in [2.45, 2.75) is 19.8 Å². The number of hydrogen-bond donors (Lipinski definition) is 0. The molecule has 1 aromatic rings. The van der Waals surface area contributed by atoms with Crippen LogP contribution in [0.3, 0.4) is 0 Å². The molecule has 1 saturated heterocycles. The van der Waals surface area contributed by atoms with Crippen molar-refractivity contribution < 1.29 is 0 Å². The fraction of sp³-hybridized carbons (Fsp3) is 0.429. The average Bonchev–Trinajstić information content (AvgIpc) is 2.28. The molecular weight excluding hydrogens is 218 g/mol. The summed E-state index contributed by atoms with van der Waals surface area (Å²) in [7, 11) is 0. The number of nitrogens with zero attached hydrogens (tertiary/aromatic N) is 1. The van der Waals surface area contributed by atoms with E-state index in [4.69, 9.17) is 18.0 Å². The quantitative estimate of drug-likeness (QED) is 0.671. The second kappa shape index (κ2) is 4.80. The minimum atomic E-state index is 0.747. The normalized spacial score (nSPS) is 20.6. The Balaban J connectivity index is 2.23. The van der Waals surface area contributed by atoms with Crippen LogP contribution < -0.4 is 4.90 Å². The van der Waals surface area contributed by atoms with E-state index in [-0.39, 0.29) is 0 Å². The number of rotatable bonds is 1. The third kappa shape index (κ3) is 2.33. The summed E-state index contributed by atoms with van der Waals surface area (Å²) in [6.07, 6.45) is 7.91. The molecule has 2 rings (SSSR count). The maximum absolute atomic E-state index is 6.25. The minimum absolute atomic E-state index is 0.747. The molecule has 1 aliphatic rings. The lowest BCUT2D eigenvalue weighted by Crippen LogP contribution is -2.34. The SMILES string of the molecule is C#Cc1ccc(N2CCCC(C)C2)c(Cl)c1. The second-order valence-electron chi connectivity index (χ2n) is 4.50. The molecule has 0 aliphatic carbocycles. The molecule has 1 aromatic carbocycles. The van der Waals surface area contributed by atoms with Crippen molar-refractivity contribution in [1.29, 1.82) is 0 Å². The predicted octanol–water partition coefficient (Wildman–Crippen LogP) is 3.56. The summed E-state index contributed by atoms with van der Waals surface area (Å²) in [5, 5.41) is 0.768. The Bertz CT molecular complexity index is 419. The zero-order chi connectivity index (χ0) is 11.5. The van der Waals surface area contributed by atoms with Crippen molar-refractivity contribution in [2.24, 2.45) is 5.92 Å². The highest BCUT2D eigenvalue weighted by Crippen LogP contribution is 2.30. The molecule has 1 nitrogen and oxygen atoms in total. The first-order chi connectivity index (χ1) is 7.70. The van der Waals surface area contributed by atoms with Crippen LogP contribution in [0, 0.1) is 18.3 Å². The smallest absolute Gasteiger partial charge is 0.0651 e. The summed E-state index contributed by atoms with van der Waals surface area (Å²) < 4.78 is 0. The van der Waals surface area contributed by atoms with Crippen molar-refractivity contribution in [2.75, 3.05) is 18.0 Å². The van der Waals surface area contributed by atoms with Gasteiger partial charge < -0.3 is 4.90 Å². The molecule has 0 spiro atoms. The van der Waals surface area contributed by atoms with Crippen molar-refractivity contribution in [3.63, 3.8) is 0 Å².